The molecule has 1 aliphatic heterocycles. The molecular weight excluding hydrogens is 377 g/mol. The number of benzene rings is 1. The van der Waals surface area contributed by atoms with E-state index in [2.05, 4.69) is 0 Å². The summed E-state index contributed by atoms with van der Waals surface area (Å²) < 4.78 is 77.1. The third kappa shape index (κ3) is 5.08. The molecule has 1 aromatic rings. The average molecular weight is 395 g/mol. The highest BCUT2D eigenvalue weighted by Gasteiger charge is 2.45. The first kappa shape index (κ1) is 20.5. The maximum absolute atomic E-state index is 12.6. The molecule has 2 rings (SSSR count). The number of amides is 1. The highest BCUT2D eigenvalue weighted by Crippen LogP contribution is 2.38. The minimum absolute atomic E-state index is 0.0718. The number of carbonyl (C=O) groups is 1. The summed E-state index contributed by atoms with van der Waals surface area (Å²) in [5, 5.41) is 0. The Morgan fingerprint density at radius 1 is 1.35 bits per heavy atom. The molecule has 0 atom stereocenters. The third-order valence-electron chi connectivity index (χ3n) is 4.39. The monoisotopic (exact) mass is 395 g/mol. The van der Waals surface area contributed by atoms with Crippen molar-refractivity contribution < 1.29 is 35.7 Å². The molecule has 1 aliphatic rings. The first-order chi connectivity index (χ1) is 12.0. The van der Waals surface area contributed by atoms with Gasteiger partial charge in [-0.05, 0) is 43.6 Å². The van der Waals surface area contributed by atoms with Crippen molar-refractivity contribution in [2.24, 2.45) is 0 Å². The molecule has 11 heteroatoms. The number of methoxy groups -OCH3 is 1. The molecular formula is C15H18F3N2O5S-. The largest absolute Gasteiger partial charge is 0.731 e. The van der Waals surface area contributed by atoms with Gasteiger partial charge in [-0.3, -0.25) is 14.4 Å². The van der Waals surface area contributed by atoms with Gasteiger partial charge in [-0.2, -0.15) is 13.2 Å². The summed E-state index contributed by atoms with van der Waals surface area (Å²) >= 11 is 0. The van der Waals surface area contributed by atoms with Crippen LogP contribution in [0.3, 0.4) is 0 Å². The number of hydrogen-bond donors (Lipinski definition) is 1. The number of nitrogens with zero attached hydrogens (tertiary/aromatic N) is 1. The summed E-state index contributed by atoms with van der Waals surface area (Å²) in [4.78, 5) is 13.7. The highest BCUT2D eigenvalue weighted by atomic mass is 32.2. The van der Waals surface area contributed by atoms with E-state index in [0.29, 0.717) is 11.3 Å². The van der Waals surface area contributed by atoms with Gasteiger partial charge >= 0.3 is 6.18 Å². The topological polar surface area (TPSA) is 98.8 Å². The van der Waals surface area contributed by atoms with Gasteiger partial charge in [0.1, 0.15) is 5.75 Å². The molecule has 1 fully saturated rings. The van der Waals surface area contributed by atoms with Crippen LogP contribution in [0.4, 0.5) is 13.2 Å². The van der Waals surface area contributed by atoms with Crippen LogP contribution < -0.4 is 9.46 Å². The van der Waals surface area contributed by atoms with Crippen LogP contribution in [0.25, 0.3) is 0 Å². The van der Waals surface area contributed by atoms with Crippen molar-refractivity contribution in [2.75, 3.05) is 26.7 Å². The summed E-state index contributed by atoms with van der Waals surface area (Å²) in [7, 11) is -3.65. The number of rotatable bonds is 5. The number of likely N-dealkylation sites (tertiary alicyclic amines) is 1. The van der Waals surface area contributed by atoms with Gasteiger partial charge in [-0.15, -0.1) is 0 Å². The summed E-state index contributed by atoms with van der Waals surface area (Å²) in [6, 6.07) is 6.25. The van der Waals surface area contributed by atoms with E-state index in [-0.39, 0.29) is 25.9 Å². The van der Waals surface area contributed by atoms with Gasteiger partial charge in [0.05, 0.1) is 19.1 Å². The summed E-state index contributed by atoms with van der Waals surface area (Å²) in [6.45, 7) is -1.28. The lowest BCUT2D eigenvalue weighted by Crippen LogP contribution is -2.53. The predicted octanol–water partition coefficient (Wildman–Crippen LogP) is 1.17. The second-order valence-electron chi connectivity index (χ2n) is 6.09. The highest BCUT2D eigenvalue weighted by molar-refractivity contribution is 7.84. The Hall–Kier alpha value is -1.85. The van der Waals surface area contributed by atoms with Gasteiger partial charge in [-0.1, -0.05) is 12.1 Å². The number of nitrogens with one attached hydrogen (secondary N) is 1. The van der Waals surface area contributed by atoms with Gasteiger partial charge in [0.15, 0.2) is 10.3 Å². The summed E-state index contributed by atoms with van der Waals surface area (Å²) in [5.74, 6) is -0.648. The quantitative estimate of drug-likeness (QED) is 0.752. The normalized spacial score (nSPS) is 18.3. The Balaban J connectivity index is 2.33. The smallest absolute Gasteiger partial charge is 0.401 e. The van der Waals surface area contributed by atoms with Crippen molar-refractivity contribution in [3.63, 3.8) is 0 Å². The van der Waals surface area contributed by atoms with Crippen molar-refractivity contribution in [1.82, 2.24) is 9.62 Å². The zero-order valence-electron chi connectivity index (χ0n) is 13.9. The van der Waals surface area contributed by atoms with E-state index < -0.39 is 34.3 Å². The van der Waals surface area contributed by atoms with Crippen molar-refractivity contribution in [3.8, 4) is 5.75 Å². The van der Waals surface area contributed by atoms with Crippen molar-refractivity contribution in [1.29, 1.82) is 0 Å². The Morgan fingerprint density at radius 3 is 2.46 bits per heavy atom. The van der Waals surface area contributed by atoms with Gasteiger partial charge in [0.2, 0.25) is 5.91 Å². The first-order valence-corrected chi connectivity index (χ1v) is 9.08. The minimum atomic E-state index is -5.05. The fourth-order valence-electron chi connectivity index (χ4n) is 3.13. The van der Waals surface area contributed by atoms with E-state index in [1.54, 1.807) is 18.2 Å². The van der Waals surface area contributed by atoms with E-state index in [9.17, 15) is 30.9 Å². The van der Waals surface area contributed by atoms with Gasteiger partial charge < -0.3 is 9.29 Å². The molecule has 0 radical (unpaired) electrons. The molecule has 0 bridgehead atoms. The fourth-order valence-corrected chi connectivity index (χ4v) is 3.55. The molecule has 0 aromatic heterocycles. The zero-order valence-corrected chi connectivity index (χ0v) is 14.7. The van der Waals surface area contributed by atoms with Crippen LogP contribution in [0.2, 0.25) is 0 Å². The lowest BCUT2D eigenvalue weighted by Gasteiger charge is -2.41. The molecule has 1 heterocycles. The fraction of sp³-hybridized carbons (Fsp3) is 0.533. The SMILES string of the molecule is COc1cccc(C2(C(=O)NS(=O)(=O)[O-])CCN(CC(F)(F)F)CC2)c1. The number of ether oxygens (including phenoxy) is 1. The molecule has 146 valence electrons. The van der Waals surface area contributed by atoms with Crippen LogP contribution in [0.1, 0.15) is 18.4 Å². The minimum Gasteiger partial charge on any atom is -0.731 e. The van der Waals surface area contributed by atoms with Crippen molar-refractivity contribution in [2.45, 2.75) is 24.4 Å². The van der Waals surface area contributed by atoms with Crippen LogP contribution >= 0.6 is 0 Å². The number of piperidine rings is 1. The molecule has 26 heavy (non-hydrogen) atoms. The molecule has 0 spiro atoms. The number of carbonyl (C=O) groups excluding carboxylic acids is 1. The molecule has 1 N–H and O–H groups in total. The van der Waals surface area contributed by atoms with E-state index in [1.807, 2.05) is 0 Å². The third-order valence-corrected chi connectivity index (χ3v) is 4.82. The Kier molecular flexibility index (Phi) is 5.83. The maximum atomic E-state index is 12.6. The maximum Gasteiger partial charge on any atom is 0.401 e. The standard InChI is InChI=1S/C15H19F3N2O5S/c1-25-12-4-2-3-11(9-12)14(13(21)19-26(22,23)24)5-7-20(8-6-14)10-15(16,17)18/h2-4,9H,5-8,10H2,1H3,(H,19,21)(H,22,23,24)/p-1. The summed E-state index contributed by atoms with van der Waals surface area (Å²) in [6.07, 6.45) is -4.52. The molecule has 1 saturated heterocycles. The molecule has 1 amide bonds. The lowest BCUT2D eigenvalue weighted by atomic mass is 9.72. The van der Waals surface area contributed by atoms with Crippen molar-refractivity contribution >= 4 is 16.2 Å². The second-order valence-corrected chi connectivity index (χ2v) is 7.20. The summed E-state index contributed by atoms with van der Waals surface area (Å²) in [5.41, 5.74) is -1.06. The average Bonchev–Trinajstić information content (AvgIpc) is 2.52. The van der Waals surface area contributed by atoms with Gasteiger partial charge in [-0.25, -0.2) is 8.42 Å². The van der Waals surface area contributed by atoms with Gasteiger partial charge in [0, 0.05) is 0 Å². The Bertz CT molecular complexity index is 759. The number of hydrogen-bond acceptors (Lipinski definition) is 6. The van der Waals surface area contributed by atoms with Crippen LogP contribution in [0, 0.1) is 0 Å². The van der Waals surface area contributed by atoms with Crippen LogP contribution in [-0.4, -0.2) is 56.7 Å². The van der Waals surface area contributed by atoms with Crippen molar-refractivity contribution in [3.05, 3.63) is 29.8 Å². The molecule has 0 aliphatic carbocycles. The van der Waals surface area contributed by atoms with Crippen LogP contribution in [0.15, 0.2) is 24.3 Å². The van der Waals surface area contributed by atoms with E-state index in [4.69, 9.17) is 4.74 Å². The number of halogens is 3. The van der Waals surface area contributed by atoms with Crippen LogP contribution in [-0.2, 0) is 20.5 Å². The molecule has 0 unspecified atom stereocenters. The predicted molar refractivity (Wildman–Crippen MR) is 84.2 cm³/mol. The van der Waals surface area contributed by atoms with E-state index >= 15 is 0 Å². The molecule has 7 nitrogen and oxygen atoms in total. The molecule has 0 saturated carbocycles. The number of alkyl halides is 3. The Labute approximate surface area is 149 Å². The Morgan fingerprint density at radius 2 is 1.96 bits per heavy atom. The zero-order chi connectivity index (χ0) is 19.6. The second kappa shape index (κ2) is 7.41. The molecule has 1 aromatic carbocycles. The first-order valence-electron chi connectivity index (χ1n) is 7.67. The van der Waals surface area contributed by atoms with Gasteiger partial charge in [0.25, 0.3) is 0 Å². The lowest BCUT2D eigenvalue weighted by molar-refractivity contribution is -0.150. The van der Waals surface area contributed by atoms with E-state index in [1.165, 1.54) is 17.9 Å². The van der Waals surface area contributed by atoms with Crippen LogP contribution in [0.5, 0.6) is 5.75 Å². The van der Waals surface area contributed by atoms with E-state index in [0.717, 1.165) is 4.90 Å².